The van der Waals surface area contributed by atoms with Crippen LogP contribution < -0.4 is 0 Å². The van der Waals surface area contributed by atoms with Crippen molar-refractivity contribution in [1.29, 1.82) is 0 Å². The molecule has 25 heavy (non-hydrogen) atoms. The summed E-state index contributed by atoms with van der Waals surface area (Å²) in [5.74, 6) is 1.46. The summed E-state index contributed by atoms with van der Waals surface area (Å²) in [5.41, 5.74) is 2.70. The van der Waals surface area contributed by atoms with Gasteiger partial charge in [-0.3, -0.25) is 0 Å². The molecule has 0 bridgehead atoms. The number of hydrogen-bond donors (Lipinski definition) is 0. The largest absolute Gasteiger partial charge is 0.236 e. The number of isothiocyanates is 1. The molecule has 1 fully saturated rings. The smallest absolute Gasteiger partial charge is 0.165 e. The molecular formula is C21H23FN2S. The second-order valence-corrected chi connectivity index (χ2v) is 7.04. The molecule has 0 spiro atoms. The average molecular weight is 354 g/mol. The summed E-state index contributed by atoms with van der Waals surface area (Å²) in [7, 11) is 0. The molecule has 1 aliphatic rings. The Morgan fingerprint density at radius 1 is 1.20 bits per heavy atom. The molecule has 0 amide bonds. The monoisotopic (exact) mass is 354 g/mol. The molecule has 0 radical (unpaired) electrons. The second-order valence-electron chi connectivity index (χ2n) is 6.85. The molecular weight excluding hydrogens is 331 g/mol. The molecule has 3 rings (SSSR count). The van der Waals surface area contributed by atoms with Crippen LogP contribution in [0.1, 0.15) is 56.9 Å². The molecule has 1 aromatic carbocycles. The van der Waals surface area contributed by atoms with Crippen LogP contribution in [0, 0.1) is 11.7 Å². The molecule has 2 aromatic rings. The zero-order valence-corrected chi connectivity index (χ0v) is 15.4. The highest BCUT2D eigenvalue weighted by Gasteiger charge is 2.21. The van der Waals surface area contributed by atoms with Gasteiger partial charge in [0.05, 0.1) is 5.16 Å². The average Bonchev–Trinajstić information content (AvgIpc) is 2.63. The SMILES string of the molecule is CCCC1CCC(c2ccc(-c3cnc(N=C=S)cc3F)cc2)CC1. The number of benzene rings is 1. The van der Waals surface area contributed by atoms with E-state index in [1.807, 2.05) is 12.1 Å². The first kappa shape index (κ1) is 17.9. The third-order valence-electron chi connectivity index (χ3n) is 5.24. The van der Waals surface area contributed by atoms with Crippen LogP contribution in [0.3, 0.4) is 0 Å². The van der Waals surface area contributed by atoms with Gasteiger partial charge >= 0.3 is 0 Å². The lowest BCUT2D eigenvalue weighted by Crippen LogP contribution is -2.13. The molecule has 0 unspecified atom stereocenters. The van der Waals surface area contributed by atoms with Gasteiger partial charge in [0, 0.05) is 17.8 Å². The van der Waals surface area contributed by atoms with Crippen molar-refractivity contribution in [3.63, 3.8) is 0 Å². The first-order chi connectivity index (χ1) is 12.2. The van der Waals surface area contributed by atoms with Gasteiger partial charge in [-0.2, -0.15) is 4.99 Å². The Hall–Kier alpha value is -1.90. The Balaban J connectivity index is 1.71. The zero-order chi connectivity index (χ0) is 17.6. The highest BCUT2D eigenvalue weighted by Crippen LogP contribution is 2.38. The lowest BCUT2D eigenvalue weighted by molar-refractivity contribution is 0.308. The second kappa shape index (κ2) is 8.46. The molecule has 0 aliphatic heterocycles. The Bertz CT molecular complexity index is 758. The van der Waals surface area contributed by atoms with Gasteiger partial charge in [-0.1, -0.05) is 44.0 Å². The van der Waals surface area contributed by atoms with Crippen LogP contribution >= 0.6 is 12.2 Å². The van der Waals surface area contributed by atoms with Crippen LogP contribution in [0.4, 0.5) is 10.2 Å². The molecule has 0 N–H and O–H groups in total. The highest BCUT2D eigenvalue weighted by molar-refractivity contribution is 7.78. The zero-order valence-electron chi connectivity index (χ0n) is 14.5. The van der Waals surface area contributed by atoms with E-state index in [9.17, 15) is 4.39 Å². The van der Waals surface area contributed by atoms with Crippen molar-refractivity contribution in [2.75, 3.05) is 0 Å². The number of rotatable bonds is 5. The first-order valence-corrected chi connectivity index (χ1v) is 9.45. The summed E-state index contributed by atoms with van der Waals surface area (Å²) in [6.45, 7) is 2.27. The maximum atomic E-state index is 14.3. The third kappa shape index (κ3) is 4.39. The Labute approximate surface area is 154 Å². The predicted octanol–water partition coefficient (Wildman–Crippen LogP) is 6.70. The van der Waals surface area contributed by atoms with Crippen LogP contribution in [0.15, 0.2) is 41.5 Å². The fourth-order valence-corrected chi connectivity index (χ4v) is 3.96. The molecule has 0 atom stereocenters. The van der Waals surface area contributed by atoms with Gasteiger partial charge in [-0.25, -0.2) is 9.37 Å². The Morgan fingerprint density at radius 3 is 2.52 bits per heavy atom. The molecule has 2 nitrogen and oxygen atoms in total. The fourth-order valence-electron chi connectivity index (χ4n) is 3.87. The Kier molecular flexibility index (Phi) is 6.06. The topological polar surface area (TPSA) is 25.2 Å². The molecule has 1 aromatic heterocycles. The van der Waals surface area contributed by atoms with E-state index in [1.165, 1.54) is 56.4 Å². The van der Waals surface area contributed by atoms with Crippen LogP contribution in [-0.2, 0) is 0 Å². The van der Waals surface area contributed by atoms with Gasteiger partial charge in [0.1, 0.15) is 5.82 Å². The quantitative estimate of drug-likeness (QED) is 0.441. The van der Waals surface area contributed by atoms with Gasteiger partial charge in [0.15, 0.2) is 5.82 Å². The number of aromatic nitrogens is 1. The highest BCUT2D eigenvalue weighted by atomic mass is 32.1. The number of pyridine rings is 1. The normalized spacial score (nSPS) is 20.1. The molecule has 0 saturated heterocycles. The minimum Gasteiger partial charge on any atom is -0.236 e. The summed E-state index contributed by atoms with van der Waals surface area (Å²) < 4.78 is 14.3. The van der Waals surface area contributed by atoms with Crippen molar-refractivity contribution in [3.05, 3.63) is 47.9 Å². The predicted molar refractivity (Wildman–Crippen MR) is 104 cm³/mol. The van der Waals surface area contributed by atoms with Gasteiger partial charge in [-0.05, 0) is 60.9 Å². The lowest BCUT2D eigenvalue weighted by atomic mass is 9.77. The number of thiocarbonyl (C=S) groups is 1. The van der Waals surface area contributed by atoms with Crippen LogP contribution in [0.2, 0.25) is 0 Å². The summed E-state index contributed by atoms with van der Waals surface area (Å²) in [4.78, 5) is 7.82. The van der Waals surface area contributed by atoms with E-state index in [-0.39, 0.29) is 11.6 Å². The van der Waals surface area contributed by atoms with E-state index in [1.54, 1.807) is 0 Å². The minimum atomic E-state index is -0.341. The van der Waals surface area contributed by atoms with Crippen molar-refractivity contribution in [2.24, 2.45) is 10.9 Å². The summed E-state index contributed by atoms with van der Waals surface area (Å²) in [6.07, 6.45) is 9.36. The van der Waals surface area contributed by atoms with E-state index in [2.05, 4.69) is 46.4 Å². The van der Waals surface area contributed by atoms with E-state index < -0.39 is 0 Å². The van der Waals surface area contributed by atoms with E-state index >= 15 is 0 Å². The molecule has 1 aliphatic carbocycles. The van der Waals surface area contributed by atoms with Gasteiger partial charge in [-0.15, -0.1) is 0 Å². The van der Waals surface area contributed by atoms with Crippen molar-refractivity contribution in [1.82, 2.24) is 4.98 Å². The fraction of sp³-hybridized carbons (Fsp3) is 0.429. The van der Waals surface area contributed by atoms with Crippen LogP contribution in [0.25, 0.3) is 11.1 Å². The summed E-state index contributed by atoms with van der Waals surface area (Å²) in [5, 5.41) is 2.20. The van der Waals surface area contributed by atoms with Crippen LogP contribution in [-0.4, -0.2) is 10.1 Å². The first-order valence-electron chi connectivity index (χ1n) is 9.05. The standard InChI is InChI=1S/C21H23FN2S/c1-2-3-15-4-6-16(7-5-15)17-8-10-18(11-9-17)19-13-23-21(24-14-25)12-20(19)22/h8-13,15-16H,2-7H2,1H3. The van der Waals surface area contributed by atoms with Gasteiger partial charge in [0.2, 0.25) is 0 Å². The van der Waals surface area contributed by atoms with E-state index in [4.69, 9.17) is 0 Å². The molecule has 1 saturated carbocycles. The molecule has 130 valence electrons. The van der Waals surface area contributed by atoms with Gasteiger partial charge < -0.3 is 0 Å². The number of halogens is 1. The summed E-state index contributed by atoms with van der Waals surface area (Å²) in [6, 6.07) is 9.56. The third-order valence-corrected chi connectivity index (χ3v) is 5.33. The number of hydrogen-bond acceptors (Lipinski definition) is 3. The molecule has 4 heteroatoms. The number of nitrogens with zero attached hydrogens (tertiary/aromatic N) is 2. The summed E-state index contributed by atoms with van der Waals surface area (Å²) >= 11 is 4.52. The van der Waals surface area contributed by atoms with Crippen molar-refractivity contribution >= 4 is 23.2 Å². The molecule has 1 heterocycles. The maximum Gasteiger partial charge on any atom is 0.165 e. The van der Waals surface area contributed by atoms with Crippen molar-refractivity contribution in [2.45, 2.75) is 51.4 Å². The maximum absolute atomic E-state index is 14.3. The Morgan fingerprint density at radius 2 is 1.92 bits per heavy atom. The number of aliphatic imine (C=N–C) groups is 1. The van der Waals surface area contributed by atoms with Crippen molar-refractivity contribution < 1.29 is 4.39 Å². The van der Waals surface area contributed by atoms with Crippen molar-refractivity contribution in [3.8, 4) is 11.1 Å². The van der Waals surface area contributed by atoms with E-state index in [0.29, 0.717) is 11.5 Å². The van der Waals surface area contributed by atoms with Crippen LogP contribution in [0.5, 0.6) is 0 Å². The van der Waals surface area contributed by atoms with Gasteiger partial charge in [0.25, 0.3) is 0 Å². The van der Waals surface area contributed by atoms with E-state index in [0.717, 1.165) is 11.5 Å². The minimum absolute atomic E-state index is 0.247. The lowest BCUT2D eigenvalue weighted by Gasteiger charge is -2.28.